The number of nitrogens with zero attached hydrogens (tertiary/aromatic N) is 1. The summed E-state index contributed by atoms with van der Waals surface area (Å²) in [5.74, 6) is 0.160. The molecule has 1 aliphatic rings. The molecule has 164 valence electrons. The molecule has 2 atom stereocenters. The second-order valence-corrected chi connectivity index (χ2v) is 11.2. The first-order valence-corrected chi connectivity index (χ1v) is 13.7. The molecule has 0 radical (unpaired) electrons. The number of anilines is 2. The van der Waals surface area contributed by atoms with Crippen molar-refractivity contribution in [1.29, 1.82) is 0 Å². The number of hydrogen-bond acceptors (Lipinski definition) is 3. The zero-order chi connectivity index (χ0) is 22.7. The molecule has 0 aromatic heterocycles. The Morgan fingerprint density at radius 3 is 1.93 bits per heavy atom. The third-order valence-electron chi connectivity index (χ3n) is 3.76. The molecule has 1 saturated heterocycles. The monoisotopic (exact) mass is 750 g/mol. The average molecular weight is 755 g/mol. The molecule has 3 rings (SSSR count). The minimum Gasteiger partial charge on any atom is -0.399 e. The molecule has 10 heteroatoms. The Morgan fingerprint density at radius 2 is 1.60 bits per heavy atom. The maximum atomic E-state index is 11.7. The highest BCUT2D eigenvalue weighted by Gasteiger charge is 2.30. The van der Waals surface area contributed by atoms with Gasteiger partial charge >= 0.3 is 0 Å². The lowest BCUT2D eigenvalue weighted by Crippen LogP contribution is -2.26. The van der Waals surface area contributed by atoms with Crippen LogP contribution in [0.1, 0.15) is 12.8 Å². The number of amides is 1. The van der Waals surface area contributed by atoms with E-state index in [0.717, 1.165) is 45.0 Å². The van der Waals surface area contributed by atoms with Crippen molar-refractivity contribution >= 4 is 114 Å². The zero-order valence-electron chi connectivity index (χ0n) is 15.7. The van der Waals surface area contributed by atoms with Crippen LogP contribution in [0.5, 0.6) is 0 Å². The third-order valence-corrected chi connectivity index (χ3v) is 7.52. The smallest absolute Gasteiger partial charge is 0.240 e. The molecular weight excluding hydrogens is 735 g/mol. The van der Waals surface area contributed by atoms with E-state index in [-0.39, 0.29) is 20.8 Å². The average Bonchev–Trinajstić information content (AvgIpc) is 3.05. The number of nitrogen functional groups attached to an aromatic ring is 1. The van der Waals surface area contributed by atoms with E-state index < -0.39 is 0 Å². The first-order valence-electron chi connectivity index (χ1n) is 8.77. The van der Waals surface area contributed by atoms with Gasteiger partial charge in [0.25, 0.3) is 0 Å². The van der Waals surface area contributed by atoms with Crippen LogP contribution >= 0.6 is 91.3 Å². The van der Waals surface area contributed by atoms with Crippen molar-refractivity contribution in [3.05, 3.63) is 57.5 Å². The topological polar surface area (TPSA) is 63.4 Å². The largest absolute Gasteiger partial charge is 0.399 e. The normalized spacial score (nSPS) is 16.1. The van der Waals surface area contributed by atoms with Gasteiger partial charge in [0.05, 0.1) is 9.65 Å². The molecule has 2 N–H and O–H groups in total. The van der Waals surface area contributed by atoms with Gasteiger partial charge in [-0.05, 0) is 73.0 Å². The number of carbonyl (C=O) groups excluding carboxylic acids is 2. The van der Waals surface area contributed by atoms with E-state index >= 15 is 0 Å². The van der Waals surface area contributed by atoms with E-state index in [1.165, 1.54) is 0 Å². The summed E-state index contributed by atoms with van der Waals surface area (Å²) in [7, 11) is 0. The molecule has 0 spiro atoms. The second-order valence-electron chi connectivity index (χ2n) is 6.02. The number of benzene rings is 2. The van der Waals surface area contributed by atoms with Crippen molar-refractivity contribution in [2.45, 2.75) is 22.5 Å². The number of rotatable bonds is 4. The van der Waals surface area contributed by atoms with E-state index in [9.17, 15) is 9.59 Å². The summed E-state index contributed by atoms with van der Waals surface area (Å²) in [6.45, 7) is 0.802. The lowest BCUT2D eigenvalue weighted by atomic mass is 10.3. The predicted molar refractivity (Wildman–Crippen MR) is 144 cm³/mol. The first-order chi connectivity index (χ1) is 14.1. The van der Waals surface area contributed by atoms with Gasteiger partial charge in [0, 0.05) is 32.2 Å². The van der Waals surface area contributed by atoms with E-state index in [2.05, 4.69) is 79.6 Å². The SMILES string of the molecule is Nc1ccc(Br)cc1.O=C(Cl)C(Br)CCBr.O=C1C(Br)CCN1c1ccc(Br)cc1. The maximum absolute atomic E-state index is 11.7. The van der Waals surface area contributed by atoms with Gasteiger partial charge in [-0.3, -0.25) is 9.59 Å². The Morgan fingerprint density at radius 1 is 1.10 bits per heavy atom. The molecule has 2 unspecified atom stereocenters. The minimum atomic E-state index is -0.329. The van der Waals surface area contributed by atoms with E-state index in [4.69, 9.17) is 17.3 Å². The molecule has 2 aromatic rings. The highest BCUT2D eigenvalue weighted by Crippen LogP contribution is 2.26. The number of nitrogens with two attached hydrogens (primary N) is 1. The van der Waals surface area contributed by atoms with Crippen molar-refractivity contribution in [2.24, 2.45) is 0 Å². The fourth-order valence-corrected chi connectivity index (χ4v) is 4.59. The standard InChI is InChI=1S/C10H9Br2NO.C6H6BrN.C4H5Br2ClO/c11-7-1-3-8(4-2-7)13-6-5-9(12)10(13)14;7-5-1-3-6(8)4-2-5;5-2-1-3(6)4(7)8/h1-4,9H,5-6H2;1-4H,8H2;3H,1-2H2. The van der Waals surface area contributed by atoms with E-state index in [1.54, 1.807) is 0 Å². The summed E-state index contributed by atoms with van der Waals surface area (Å²) in [6.07, 6.45) is 1.62. The fourth-order valence-electron chi connectivity index (χ4n) is 2.19. The van der Waals surface area contributed by atoms with Crippen LogP contribution < -0.4 is 10.6 Å². The summed E-state index contributed by atoms with van der Waals surface area (Å²) in [6, 6.07) is 15.3. The molecule has 0 aliphatic carbocycles. The number of alkyl halides is 3. The molecule has 30 heavy (non-hydrogen) atoms. The zero-order valence-corrected chi connectivity index (χ0v) is 24.4. The van der Waals surface area contributed by atoms with Crippen LogP contribution in [-0.2, 0) is 9.59 Å². The Balaban J connectivity index is 0.000000243. The second kappa shape index (κ2) is 15.0. The Hall–Kier alpha value is 0.0700. The van der Waals surface area contributed by atoms with Gasteiger partial charge < -0.3 is 10.6 Å². The summed E-state index contributed by atoms with van der Waals surface area (Å²) in [5, 5.41) is 0.464. The van der Waals surface area contributed by atoms with Crippen LogP contribution in [0.3, 0.4) is 0 Å². The molecule has 1 fully saturated rings. The third kappa shape index (κ3) is 10.6. The van der Waals surface area contributed by atoms with Gasteiger partial charge in [0.1, 0.15) is 0 Å². The highest BCUT2D eigenvalue weighted by atomic mass is 79.9. The van der Waals surface area contributed by atoms with Gasteiger partial charge in [-0.15, -0.1) is 0 Å². The van der Waals surface area contributed by atoms with Crippen LogP contribution in [0, 0.1) is 0 Å². The van der Waals surface area contributed by atoms with Gasteiger partial charge in [0.15, 0.2) is 0 Å². The van der Waals surface area contributed by atoms with Crippen molar-refractivity contribution in [3.63, 3.8) is 0 Å². The van der Waals surface area contributed by atoms with Crippen LogP contribution in [0.4, 0.5) is 11.4 Å². The van der Waals surface area contributed by atoms with E-state index in [0.29, 0.717) is 0 Å². The highest BCUT2D eigenvalue weighted by molar-refractivity contribution is 9.11. The van der Waals surface area contributed by atoms with Crippen molar-refractivity contribution < 1.29 is 9.59 Å². The molecule has 1 heterocycles. The summed E-state index contributed by atoms with van der Waals surface area (Å²) >= 11 is 21.4. The lowest BCUT2D eigenvalue weighted by Gasteiger charge is -2.15. The van der Waals surface area contributed by atoms with Gasteiger partial charge in [-0.25, -0.2) is 0 Å². The quantitative estimate of drug-likeness (QED) is 0.203. The molecule has 4 nitrogen and oxygen atoms in total. The lowest BCUT2D eigenvalue weighted by molar-refractivity contribution is -0.116. The van der Waals surface area contributed by atoms with Crippen LogP contribution in [-0.4, -0.2) is 32.7 Å². The molecule has 1 aliphatic heterocycles. The number of carbonyl (C=O) groups is 2. The van der Waals surface area contributed by atoms with Crippen molar-refractivity contribution in [3.8, 4) is 0 Å². The predicted octanol–water partition coefficient (Wildman–Crippen LogP) is 7.28. The van der Waals surface area contributed by atoms with Gasteiger partial charge in [-0.1, -0.05) is 79.6 Å². The van der Waals surface area contributed by atoms with Crippen LogP contribution in [0.2, 0.25) is 0 Å². The van der Waals surface area contributed by atoms with Crippen molar-refractivity contribution in [1.82, 2.24) is 0 Å². The molecule has 1 amide bonds. The molecular formula is C20H20Br5ClN2O2. The number of halogens is 6. The molecule has 0 saturated carbocycles. The van der Waals surface area contributed by atoms with E-state index in [1.807, 2.05) is 53.4 Å². The molecule has 2 aromatic carbocycles. The first kappa shape index (κ1) is 28.1. The van der Waals surface area contributed by atoms with Gasteiger partial charge in [0.2, 0.25) is 11.1 Å². The summed E-state index contributed by atoms with van der Waals surface area (Å²) in [4.78, 5) is 23.5. The Labute approximate surface area is 223 Å². The Kier molecular flexibility index (Phi) is 14.1. The summed E-state index contributed by atoms with van der Waals surface area (Å²) < 4.78 is 2.09. The minimum absolute atomic E-state index is 0.00820. The number of hydrogen-bond donors (Lipinski definition) is 1. The summed E-state index contributed by atoms with van der Waals surface area (Å²) in [5.41, 5.74) is 7.18. The fraction of sp³-hybridized carbons (Fsp3) is 0.300. The Bertz CT molecular complexity index is 785. The van der Waals surface area contributed by atoms with Crippen LogP contribution in [0.25, 0.3) is 0 Å². The van der Waals surface area contributed by atoms with Crippen LogP contribution in [0.15, 0.2) is 57.5 Å². The van der Waals surface area contributed by atoms with Crippen molar-refractivity contribution in [2.75, 3.05) is 22.5 Å². The van der Waals surface area contributed by atoms with Gasteiger partial charge in [-0.2, -0.15) is 0 Å². The molecule has 0 bridgehead atoms. The maximum Gasteiger partial charge on any atom is 0.240 e.